The molecule has 17 heavy (non-hydrogen) atoms. The van der Waals surface area contributed by atoms with Crippen molar-refractivity contribution in [3.8, 4) is 0 Å². The van der Waals surface area contributed by atoms with Gasteiger partial charge in [0.25, 0.3) is 0 Å². The van der Waals surface area contributed by atoms with Crippen molar-refractivity contribution in [2.45, 2.75) is 0 Å². The number of amides is 2. The van der Waals surface area contributed by atoms with Gasteiger partial charge in [-0.1, -0.05) is 12.6 Å². The maximum Gasteiger partial charge on any atom is 0.250 e. The van der Waals surface area contributed by atoms with Crippen LogP contribution in [0.25, 0.3) is 0 Å². The Labute approximate surface area is 99.5 Å². The first-order chi connectivity index (χ1) is 8.15. The van der Waals surface area contributed by atoms with Crippen LogP contribution >= 0.6 is 0 Å². The summed E-state index contributed by atoms with van der Waals surface area (Å²) in [5, 5.41) is 5.23. The van der Waals surface area contributed by atoms with Crippen molar-refractivity contribution in [1.82, 2.24) is 0 Å². The minimum absolute atomic E-state index is 0.0107. The molecule has 0 saturated heterocycles. The minimum Gasteiger partial charge on any atom is -0.375 e. The lowest BCUT2D eigenvalue weighted by Crippen LogP contribution is -2.17. The summed E-state index contributed by atoms with van der Waals surface area (Å²) in [5.74, 6) is -0.551. The lowest BCUT2D eigenvalue weighted by molar-refractivity contribution is -0.119. The van der Waals surface area contributed by atoms with E-state index in [2.05, 4.69) is 17.2 Å². The van der Waals surface area contributed by atoms with Gasteiger partial charge < -0.3 is 15.4 Å². The number of nitrogens with one attached hydrogen (secondary N) is 2. The van der Waals surface area contributed by atoms with Gasteiger partial charge in [-0.2, -0.15) is 0 Å². The van der Waals surface area contributed by atoms with Crippen LogP contribution in [-0.4, -0.2) is 25.5 Å². The van der Waals surface area contributed by atoms with E-state index in [0.717, 1.165) is 0 Å². The van der Waals surface area contributed by atoms with Crippen LogP contribution in [0.3, 0.4) is 0 Å². The van der Waals surface area contributed by atoms with E-state index in [1.165, 1.54) is 13.2 Å². The summed E-state index contributed by atoms with van der Waals surface area (Å²) in [4.78, 5) is 22.3. The van der Waals surface area contributed by atoms with Crippen molar-refractivity contribution in [1.29, 1.82) is 0 Å². The Bertz CT molecular complexity index is 430. The number of hydrogen-bond donors (Lipinski definition) is 2. The van der Waals surface area contributed by atoms with Crippen LogP contribution in [-0.2, 0) is 14.3 Å². The smallest absolute Gasteiger partial charge is 0.250 e. The lowest BCUT2D eigenvalue weighted by atomic mass is 10.2. The van der Waals surface area contributed by atoms with Gasteiger partial charge >= 0.3 is 0 Å². The summed E-state index contributed by atoms with van der Waals surface area (Å²) in [7, 11) is 1.44. The molecule has 0 radical (unpaired) electrons. The molecule has 5 heteroatoms. The van der Waals surface area contributed by atoms with Gasteiger partial charge in [-0.3, -0.25) is 9.59 Å². The van der Waals surface area contributed by atoms with Crippen LogP contribution < -0.4 is 10.6 Å². The van der Waals surface area contributed by atoms with E-state index < -0.39 is 0 Å². The Morgan fingerprint density at radius 1 is 1.35 bits per heavy atom. The van der Waals surface area contributed by atoms with Crippen LogP contribution in [0.15, 0.2) is 36.9 Å². The zero-order valence-electron chi connectivity index (χ0n) is 9.53. The molecular weight excluding hydrogens is 220 g/mol. The van der Waals surface area contributed by atoms with Crippen LogP contribution in [0.1, 0.15) is 0 Å². The number of benzene rings is 1. The summed E-state index contributed by atoms with van der Waals surface area (Å²) in [6, 6.07) is 6.81. The van der Waals surface area contributed by atoms with Crippen molar-refractivity contribution < 1.29 is 14.3 Å². The Morgan fingerprint density at radius 3 is 2.59 bits per heavy atom. The minimum atomic E-state index is -0.301. The highest BCUT2D eigenvalue weighted by molar-refractivity contribution is 5.99. The number of anilines is 2. The maximum absolute atomic E-state index is 11.3. The Kier molecular flexibility index (Phi) is 4.90. The number of rotatable bonds is 5. The largest absolute Gasteiger partial charge is 0.375 e. The molecule has 1 aromatic carbocycles. The Hall–Kier alpha value is -2.14. The van der Waals surface area contributed by atoms with Gasteiger partial charge in [-0.05, 0) is 24.3 Å². The molecule has 90 valence electrons. The third-order valence-electron chi connectivity index (χ3n) is 1.87. The molecule has 2 N–H and O–H groups in total. The van der Waals surface area contributed by atoms with E-state index in [4.69, 9.17) is 4.74 Å². The molecule has 0 aliphatic carbocycles. The molecule has 0 aromatic heterocycles. The summed E-state index contributed by atoms with van der Waals surface area (Å²) in [6.07, 6.45) is 1.18. The molecule has 0 heterocycles. The van der Waals surface area contributed by atoms with E-state index in [1.54, 1.807) is 24.3 Å². The highest BCUT2D eigenvalue weighted by Gasteiger charge is 2.02. The predicted molar refractivity (Wildman–Crippen MR) is 65.8 cm³/mol. The molecule has 5 nitrogen and oxygen atoms in total. The molecule has 0 aliphatic heterocycles. The zero-order chi connectivity index (χ0) is 12.7. The van der Waals surface area contributed by atoms with Crippen molar-refractivity contribution >= 4 is 23.2 Å². The zero-order valence-corrected chi connectivity index (χ0v) is 9.53. The highest BCUT2D eigenvalue weighted by Crippen LogP contribution is 2.14. The molecule has 1 aromatic rings. The van der Waals surface area contributed by atoms with Gasteiger partial charge in [-0.25, -0.2) is 0 Å². The third-order valence-corrected chi connectivity index (χ3v) is 1.87. The van der Waals surface area contributed by atoms with Crippen molar-refractivity contribution in [2.24, 2.45) is 0 Å². The summed E-state index contributed by atoms with van der Waals surface area (Å²) in [6.45, 7) is 3.34. The average Bonchev–Trinajstić information content (AvgIpc) is 2.29. The van der Waals surface area contributed by atoms with Gasteiger partial charge in [-0.15, -0.1) is 0 Å². The SMILES string of the molecule is C=CC(=O)Nc1cccc(NC(=O)COC)c1. The molecule has 1 rings (SSSR count). The number of methoxy groups -OCH3 is 1. The van der Waals surface area contributed by atoms with E-state index in [0.29, 0.717) is 11.4 Å². The van der Waals surface area contributed by atoms with Crippen molar-refractivity contribution in [3.63, 3.8) is 0 Å². The maximum atomic E-state index is 11.3. The Balaban J connectivity index is 2.68. The fraction of sp³-hybridized carbons (Fsp3) is 0.167. The first kappa shape index (κ1) is 12.9. The second kappa shape index (κ2) is 6.44. The number of carbonyl (C=O) groups is 2. The number of hydrogen-bond acceptors (Lipinski definition) is 3. The van der Waals surface area contributed by atoms with Gasteiger partial charge in [0.2, 0.25) is 11.8 Å². The Morgan fingerprint density at radius 2 is 2.00 bits per heavy atom. The molecule has 2 amide bonds. The molecule has 0 saturated carbocycles. The molecule has 0 fully saturated rings. The average molecular weight is 234 g/mol. The fourth-order valence-corrected chi connectivity index (χ4v) is 1.20. The second-order valence-corrected chi connectivity index (χ2v) is 3.26. The van der Waals surface area contributed by atoms with Crippen LogP contribution in [0.4, 0.5) is 11.4 Å². The lowest BCUT2D eigenvalue weighted by Gasteiger charge is -2.07. The third kappa shape index (κ3) is 4.48. The molecule has 0 bridgehead atoms. The highest BCUT2D eigenvalue weighted by atomic mass is 16.5. The molecular formula is C12H14N2O3. The van der Waals surface area contributed by atoms with Gasteiger partial charge in [0.15, 0.2) is 0 Å². The van der Waals surface area contributed by atoms with Gasteiger partial charge in [0.1, 0.15) is 6.61 Å². The van der Waals surface area contributed by atoms with E-state index in [1.807, 2.05) is 0 Å². The quantitative estimate of drug-likeness (QED) is 0.757. The molecule has 0 unspecified atom stereocenters. The molecule has 0 spiro atoms. The van der Waals surface area contributed by atoms with Crippen molar-refractivity contribution in [2.75, 3.05) is 24.4 Å². The first-order valence-electron chi connectivity index (χ1n) is 4.98. The summed E-state index contributed by atoms with van der Waals surface area (Å²) < 4.78 is 4.69. The van der Waals surface area contributed by atoms with E-state index in [9.17, 15) is 9.59 Å². The summed E-state index contributed by atoms with van der Waals surface area (Å²) in [5.41, 5.74) is 1.18. The first-order valence-corrected chi connectivity index (χ1v) is 4.98. The van der Waals surface area contributed by atoms with Crippen LogP contribution in [0.5, 0.6) is 0 Å². The summed E-state index contributed by atoms with van der Waals surface area (Å²) >= 11 is 0. The monoisotopic (exact) mass is 234 g/mol. The van der Waals surface area contributed by atoms with Gasteiger partial charge in [0, 0.05) is 18.5 Å². The second-order valence-electron chi connectivity index (χ2n) is 3.26. The van der Waals surface area contributed by atoms with Crippen LogP contribution in [0.2, 0.25) is 0 Å². The number of carbonyl (C=O) groups excluding carboxylic acids is 2. The van der Waals surface area contributed by atoms with Crippen molar-refractivity contribution in [3.05, 3.63) is 36.9 Å². The standard InChI is InChI=1S/C12H14N2O3/c1-3-11(15)13-9-5-4-6-10(7-9)14-12(16)8-17-2/h3-7H,1,8H2,2H3,(H,13,15)(H,14,16). The van der Waals surface area contributed by atoms with E-state index >= 15 is 0 Å². The molecule has 0 atom stereocenters. The number of ether oxygens (including phenoxy) is 1. The topological polar surface area (TPSA) is 67.4 Å². The normalized spacial score (nSPS) is 9.47. The predicted octanol–water partition coefficient (Wildman–Crippen LogP) is 1.40. The van der Waals surface area contributed by atoms with Crippen LogP contribution in [0, 0.1) is 0 Å². The fourth-order valence-electron chi connectivity index (χ4n) is 1.20. The molecule has 0 aliphatic rings. The van der Waals surface area contributed by atoms with E-state index in [-0.39, 0.29) is 18.4 Å². The van der Waals surface area contributed by atoms with Gasteiger partial charge in [0.05, 0.1) is 0 Å².